The van der Waals surface area contributed by atoms with Crippen molar-refractivity contribution in [3.05, 3.63) is 70.3 Å². The van der Waals surface area contributed by atoms with Crippen LogP contribution in [0.2, 0.25) is 0 Å². The maximum Gasteiger partial charge on any atom is 0.259 e. The van der Waals surface area contributed by atoms with Crippen LogP contribution in [0, 0.1) is 20.8 Å². The van der Waals surface area contributed by atoms with E-state index in [1.807, 2.05) is 30.0 Å². The third-order valence-electron chi connectivity index (χ3n) is 4.29. The zero-order valence-electron chi connectivity index (χ0n) is 14.4. The van der Waals surface area contributed by atoms with Gasteiger partial charge in [-0.05, 0) is 49.6 Å². The summed E-state index contributed by atoms with van der Waals surface area (Å²) in [6, 6.07) is 14.4. The molecule has 2 aromatic rings. The molecule has 0 aliphatic carbocycles. The minimum atomic E-state index is 0.0470. The summed E-state index contributed by atoms with van der Waals surface area (Å²) in [7, 11) is 0. The first-order chi connectivity index (χ1) is 11.5. The van der Waals surface area contributed by atoms with Gasteiger partial charge < -0.3 is 0 Å². The van der Waals surface area contributed by atoms with Crippen LogP contribution in [-0.4, -0.2) is 29.1 Å². The molecular formula is C20H22N2OS. The van der Waals surface area contributed by atoms with E-state index in [1.165, 1.54) is 16.7 Å². The molecule has 1 aliphatic rings. The van der Waals surface area contributed by atoms with Gasteiger partial charge in [0.25, 0.3) is 5.91 Å². The monoisotopic (exact) mass is 338 g/mol. The van der Waals surface area contributed by atoms with E-state index in [0.29, 0.717) is 13.1 Å². The van der Waals surface area contributed by atoms with E-state index in [4.69, 9.17) is 0 Å². The highest BCUT2D eigenvalue weighted by Crippen LogP contribution is 2.22. The number of amidine groups is 1. The second-order valence-electron chi connectivity index (χ2n) is 6.19. The third kappa shape index (κ3) is 3.70. The van der Waals surface area contributed by atoms with E-state index < -0.39 is 0 Å². The molecule has 124 valence electrons. The van der Waals surface area contributed by atoms with Crippen molar-refractivity contribution in [3.8, 4) is 0 Å². The van der Waals surface area contributed by atoms with Crippen LogP contribution in [0.15, 0.2) is 47.5 Å². The summed E-state index contributed by atoms with van der Waals surface area (Å²) in [5.41, 5.74) is 5.59. The standard InChI is InChI=1S/C20H22N2OS/c1-14-4-7-17(8-5-14)13-24-20-21-10-11-22(20)19(23)18-9-6-15(2)16(3)12-18/h4-9,12H,10-11,13H2,1-3H3. The summed E-state index contributed by atoms with van der Waals surface area (Å²) in [6.45, 7) is 7.54. The molecule has 0 aromatic heterocycles. The Kier molecular flexibility index (Phi) is 5.05. The van der Waals surface area contributed by atoms with Gasteiger partial charge in [-0.25, -0.2) is 0 Å². The van der Waals surface area contributed by atoms with Crippen molar-refractivity contribution in [3.63, 3.8) is 0 Å². The largest absolute Gasteiger partial charge is 0.286 e. The van der Waals surface area contributed by atoms with Crippen LogP contribution >= 0.6 is 11.8 Å². The lowest BCUT2D eigenvalue weighted by Crippen LogP contribution is -2.32. The molecule has 0 saturated carbocycles. The van der Waals surface area contributed by atoms with E-state index in [2.05, 4.69) is 43.1 Å². The Morgan fingerprint density at radius 3 is 2.54 bits per heavy atom. The summed E-state index contributed by atoms with van der Waals surface area (Å²) in [6.07, 6.45) is 0. The highest BCUT2D eigenvalue weighted by atomic mass is 32.2. The molecule has 1 amide bonds. The Hall–Kier alpha value is -2.07. The zero-order valence-corrected chi connectivity index (χ0v) is 15.2. The van der Waals surface area contributed by atoms with Crippen LogP contribution < -0.4 is 0 Å². The van der Waals surface area contributed by atoms with E-state index in [0.717, 1.165) is 22.0 Å². The van der Waals surface area contributed by atoms with Gasteiger partial charge in [0.05, 0.1) is 6.54 Å². The molecule has 0 bridgehead atoms. The predicted octanol–water partition coefficient (Wildman–Crippen LogP) is 4.36. The molecule has 0 N–H and O–H groups in total. The lowest BCUT2D eigenvalue weighted by molar-refractivity contribution is 0.0860. The average Bonchev–Trinajstić information content (AvgIpc) is 3.05. The Labute approximate surface area is 147 Å². The number of amides is 1. The van der Waals surface area contributed by atoms with Crippen LogP contribution in [0.3, 0.4) is 0 Å². The second-order valence-corrected chi connectivity index (χ2v) is 7.14. The van der Waals surface area contributed by atoms with Crippen LogP contribution in [-0.2, 0) is 5.75 Å². The molecule has 1 heterocycles. The minimum Gasteiger partial charge on any atom is -0.286 e. The number of carbonyl (C=O) groups excluding carboxylic acids is 1. The van der Waals surface area contributed by atoms with E-state index in [9.17, 15) is 4.79 Å². The number of hydrogen-bond acceptors (Lipinski definition) is 3. The van der Waals surface area contributed by atoms with Gasteiger partial charge in [0, 0.05) is 17.9 Å². The number of aryl methyl sites for hydroxylation is 3. The van der Waals surface area contributed by atoms with E-state index in [-0.39, 0.29) is 5.91 Å². The molecule has 2 aromatic carbocycles. The summed E-state index contributed by atoms with van der Waals surface area (Å²) in [4.78, 5) is 19.1. The van der Waals surface area contributed by atoms with E-state index in [1.54, 1.807) is 11.8 Å². The molecule has 0 unspecified atom stereocenters. The molecular weight excluding hydrogens is 316 g/mol. The molecule has 0 radical (unpaired) electrons. The van der Waals surface area contributed by atoms with Crippen molar-refractivity contribution < 1.29 is 4.79 Å². The van der Waals surface area contributed by atoms with Gasteiger partial charge >= 0.3 is 0 Å². The van der Waals surface area contributed by atoms with Crippen molar-refractivity contribution in [2.75, 3.05) is 13.1 Å². The third-order valence-corrected chi connectivity index (χ3v) is 5.37. The van der Waals surface area contributed by atoms with Crippen LogP contribution in [0.5, 0.6) is 0 Å². The van der Waals surface area contributed by atoms with Crippen LogP contribution in [0.1, 0.15) is 32.6 Å². The number of thioether (sulfide) groups is 1. The Morgan fingerprint density at radius 2 is 1.83 bits per heavy atom. The van der Waals surface area contributed by atoms with Gasteiger partial charge in [-0.2, -0.15) is 0 Å². The second kappa shape index (κ2) is 7.22. The molecule has 0 fully saturated rings. The normalized spacial score (nSPS) is 14.0. The Morgan fingerprint density at radius 1 is 1.08 bits per heavy atom. The van der Waals surface area contributed by atoms with Gasteiger partial charge in [0.1, 0.15) is 0 Å². The zero-order chi connectivity index (χ0) is 17.1. The fourth-order valence-electron chi connectivity index (χ4n) is 2.60. The van der Waals surface area contributed by atoms with Gasteiger partial charge in [-0.3, -0.25) is 14.7 Å². The molecule has 1 aliphatic heterocycles. The molecule has 0 saturated heterocycles. The first kappa shape index (κ1) is 16.8. The van der Waals surface area contributed by atoms with Crippen molar-refractivity contribution in [2.45, 2.75) is 26.5 Å². The quantitative estimate of drug-likeness (QED) is 0.833. The summed E-state index contributed by atoms with van der Waals surface area (Å²) in [5.74, 6) is 0.876. The molecule has 0 spiro atoms. The molecule has 24 heavy (non-hydrogen) atoms. The number of rotatable bonds is 3. The lowest BCUT2D eigenvalue weighted by atomic mass is 10.1. The first-order valence-electron chi connectivity index (χ1n) is 8.16. The van der Waals surface area contributed by atoms with Gasteiger partial charge in [0.2, 0.25) is 0 Å². The van der Waals surface area contributed by atoms with Gasteiger partial charge in [0.15, 0.2) is 5.17 Å². The summed E-state index contributed by atoms with van der Waals surface area (Å²) < 4.78 is 0. The number of benzene rings is 2. The topological polar surface area (TPSA) is 32.7 Å². The first-order valence-corrected chi connectivity index (χ1v) is 9.15. The average molecular weight is 338 g/mol. The number of carbonyl (C=O) groups is 1. The highest BCUT2D eigenvalue weighted by molar-refractivity contribution is 8.13. The van der Waals surface area contributed by atoms with E-state index >= 15 is 0 Å². The SMILES string of the molecule is Cc1ccc(CSC2=NCCN2C(=O)c2ccc(C)c(C)c2)cc1. The van der Waals surface area contributed by atoms with Crippen LogP contribution in [0.25, 0.3) is 0 Å². The minimum absolute atomic E-state index is 0.0470. The smallest absolute Gasteiger partial charge is 0.259 e. The Balaban J connectivity index is 1.69. The maximum absolute atomic E-state index is 12.8. The van der Waals surface area contributed by atoms with Crippen molar-refractivity contribution in [2.24, 2.45) is 4.99 Å². The van der Waals surface area contributed by atoms with Crippen molar-refractivity contribution >= 4 is 22.8 Å². The predicted molar refractivity (Wildman–Crippen MR) is 102 cm³/mol. The molecule has 4 heteroatoms. The molecule has 3 rings (SSSR count). The fourth-order valence-corrected chi connectivity index (χ4v) is 3.60. The lowest BCUT2D eigenvalue weighted by Gasteiger charge is -2.18. The van der Waals surface area contributed by atoms with Gasteiger partial charge in [-0.15, -0.1) is 0 Å². The molecule has 3 nitrogen and oxygen atoms in total. The molecule has 0 atom stereocenters. The number of aliphatic imine (C=N–C) groups is 1. The Bertz CT molecular complexity index is 781. The number of hydrogen-bond donors (Lipinski definition) is 0. The van der Waals surface area contributed by atoms with Crippen LogP contribution in [0.4, 0.5) is 0 Å². The summed E-state index contributed by atoms with van der Waals surface area (Å²) >= 11 is 1.64. The maximum atomic E-state index is 12.8. The summed E-state index contributed by atoms with van der Waals surface area (Å²) in [5, 5.41) is 0.832. The number of nitrogens with zero attached hydrogens (tertiary/aromatic N) is 2. The van der Waals surface area contributed by atoms with Crippen molar-refractivity contribution in [1.29, 1.82) is 0 Å². The van der Waals surface area contributed by atoms with Gasteiger partial charge in [-0.1, -0.05) is 47.7 Å². The highest BCUT2D eigenvalue weighted by Gasteiger charge is 2.25. The fraction of sp³-hybridized carbons (Fsp3) is 0.300. The van der Waals surface area contributed by atoms with Crippen molar-refractivity contribution in [1.82, 2.24) is 4.90 Å².